The fourth-order valence-electron chi connectivity index (χ4n) is 16.4. The van der Waals surface area contributed by atoms with Crippen molar-refractivity contribution in [1.29, 1.82) is 0 Å². The molecule has 0 bridgehead atoms. The van der Waals surface area contributed by atoms with Gasteiger partial charge in [0.1, 0.15) is 46.0 Å². The van der Waals surface area contributed by atoms with Crippen LogP contribution in [0.25, 0.3) is 43.1 Å². The third-order valence-corrected chi connectivity index (χ3v) is 23.0. The number of ether oxygens (including phenoxy) is 4. The van der Waals surface area contributed by atoms with Crippen LogP contribution in [-0.4, -0.2) is 66.5 Å². The average molecular weight is 1590 g/mol. The van der Waals surface area contributed by atoms with Crippen LogP contribution in [0.5, 0.6) is 46.0 Å². The van der Waals surface area contributed by atoms with E-state index in [1.54, 1.807) is 49.1 Å². The van der Waals surface area contributed by atoms with Gasteiger partial charge in [-0.25, -0.2) is 9.80 Å². The summed E-state index contributed by atoms with van der Waals surface area (Å²) in [7, 11) is 0. The van der Waals surface area contributed by atoms with Crippen LogP contribution >= 0.6 is 0 Å². The molecule has 16 nitrogen and oxygen atoms in total. The number of hydrogen-bond acceptors (Lipinski definition) is 14. The van der Waals surface area contributed by atoms with E-state index in [-0.39, 0.29) is 66.9 Å². The molecule has 0 radical (unpaired) electrons. The van der Waals surface area contributed by atoms with Gasteiger partial charge in [-0.3, -0.25) is 48.9 Å². The Morgan fingerprint density at radius 1 is 0.275 bits per heavy atom. The molecule has 16 heteroatoms. The maximum atomic E-state index is 16.5. The number of pyridine rings is 4. The van der Waals surface area contributed by atoms with Crippen LogP contribution in [0.15, 0.2) is 267 Å². The lowest BCUT2D eigenvalue weighted by molar-refractivity contribution is 0.0877. The molecule has 6 heterocycles. The van der Waals surface area contributed by atoms with E-state index in [4.69, 9.17) is 18.9 Å². The van der Waals surface area contributed by atoms with E-state index in [9.17, 15) is 0 Å². The van der Waals surface area contributed by atoms with Gasteiger partial charge >= 0.3 is 0 Å². The van der Waals surface area contributed by atoms with Crippen LogP contribution in [0.2, 0.25) is 0 Å². The summed E-state index contributed by atoms with van der Waals surface area (Å²) >= 11 is 0. The van der Waals surface area contributed by atoms with E-state index in [0.717, 1.165) is 56.2 Å². The Kier molecular flexibility index (Phi) is 21.0. The van der Waals surface area contributed by atoms with Crippen molar-refractivity contribution in [3.63, 3.8) is 0 Å². The second-order valence-electron chi connectivity index (χ2n) is 35.6. The van der Waals surface area contributed by atoms with Crippen molar-refractivity contribution in [2.45, 2.75) is 144 Å². The molecule has 2 aliphatic heterocycles. The number of nitrogens with zero attached hydrogens (tertiary/aromatic N) is 8. The lowest BCUT2D eigenvalue weighted by Gasteiger charge is -2.32. The van der Waals surface area contributed by atoms with Crippen LogP contribution in [0.3, 0.4) is 0 Å². The van der Waals surface area contributed by atoms with Crippen molar-refractivity contribution < 1.29 is 38.1 Å². The second kappa shape index (κ2) is 31.9. The quantitative estimate of drug-likeness (QED) is 0.0318. The summed E-state index contributed by atoms with van der Waals surface area (Å²) in [5, 5.41) is 3.11. The number of amides is 4. The molecule has 15 aromatic rings. The molecule has 0 atom stereocenters. The largest absolute Gasteiger partial charge is 0.457 e. The van der Waals surface area contributed by atoms with Crippen molar-refractivity contribution in [1.82, 2.24) is 29.7 Å². The topological polar surface area (TPSA) is 170 Å². The van der Waals surface area contributed by atoms with Gasteiger partial charge in [0, 0.05) is 107 Å². The van der Waals surface area contributed by atoms with E-state index in [1.165, 1.54) is 9.80 Å². The monoisotopic (exact) mass is 1580 g/mol. The predicted octanol–water partition coefficient (Wildman–Crippen LogP) is 23.8. The van der Waals surface area contributed by atoms with Crippen molar-refractivity contribution >= 4 is 78.1 Å². The molecule has 120 heavy (non-hydrogen) atoms. The van der Waals surface area contributed by atoms with Gasteiger partial charge in [0.15, 0.2) is 0 Å². The third kappa shape index (κ3) is 16.1. The summed E-state index contributed by atoms with van der Waals surface area (Å²) in [5.74, 6) is 0.251. The number of anilines is 2. The van der Waals surface area contributed by atoms with Crippen molar-refractivity contribution in [2.75, 3.05) is 22.9 Å². The molecule has 2 aliphatic rings. The molecule has 0 unspecified atom stereocenters. The number of benzene rings is 11. The van der Waals surface area contributed by atoms with Crippen molar-refractivity contribution in [3.8, 4) is 46.0 Å². The molecule has 4 amide bonds. The first-order chi connectivity index (χ1) is 57.6. The zero-order valence-electron chi connectivity index (χ0n) is 69.9. The number of aromatic nitrogens is 4. The van der Waals surface area contributed by atoms with Gasteiger partial charge in [-0.15, -0.1) is 0 Å². The van der Waals surface area contributed by atoms with Crippen molar-refractivity contribution in [2.24, 2.45) is 0 Å². The number of fused-ring (bicyclic) bond motifs is 2. The maximum absolute atomic E-state index is 16.5. The summed E-state index contributed by atoms with van der Waals surface area (Å²) in [6, 6.07) is 77.5. The highest BCUT2D eigenvalue weighted by molar-refractivity contribution is 6.48. The Morgan fingerprint density at radius 2 is 0.508 bits per heavy atom. The first kappa shape index (κ1) is 79.2. The first-order valence-electron chi connectivity index (χ1n) is 41.1. The highest BCUT2D eigenvalue weighted by atomic mass is 16.5. The van der Waals surface area contributed by atoms with Gasteiger partial charge in [-0.2, -0.15) is 0 Å². The Balaban J connectivity index is 0.889. The average Bonchev–Trinajstić information content (AvgIpc) is 0.669. The molecule has 0 fully saturated rings. The molecule has 0 N–H and O–H groups in total. The number of rotatable bonds is 24. The highest BCUT2D eigenvalue weighted by Gasteiger charge is 2.43. The Hall–Kier alpha value is -13.3. The number of hydrogen-bond donors (Lipinski definition) is 0. The number of carbonyl (C=O) groups excluding carboxylic acids is 4. The molecular weight excluding hydrogens is 1490 g/mol. The van der Waals surface area contributed by atoms with E-state index in [0.29, 0.717) is 130 Å². The fraction of sp³-hybridized carbons (Fsp3) is 0.231. The minimum Gasteiger partial charge on any atom is -0.457 e. The number of imide groups is 2. The van der Waals surface area contributed by atoms with Gasteiger partial charge in [0.05, 0.1) is 56.4 Å². The molecule has 0 saturated carbocycles. The standard InChI is InChI=1S/C104H96N8O8/c1-101(2,3)67-29-41-77(42-30-67)117-85-57-81-89-82(98(114)111(97(81)113)75-37-25-65(26-38-75)49-55-109(61-71-21-13-17-51-105-71)62-72-22-14-18-52-106-72)59-87(119-79-45-33-69(34-46-79)103(7,8)9)93-94-88(120-80-47-35-70(36-48-80)104(10,11)12)60-84-90-83(58-86(92(96(90)94)91(85)95(89)93)118-78-43-31-68(32-44-78)102(4,5)6)99(115)112(100(84)116)76-39-27-66(28-40-76)50-56-110(63-73-23-15-19-53-107-73)64-74-24-16-20-54-108-74/h13-48,51-54,57-60H,49-50,55-56,61-64H2,1-12H3. The molecular formula is C104H96N8O8. The van der Waals surface area contributed by atoms with E-state index >= 15 is 19.2 Å². The SMILES string of the molecule is CC(C)(C)c1ccc(Oc2cc3c4c(cc(Oc5ccc(C(C)(C)C)cc5)c5c6c(Oc7ccc(C(C)(C)C)cc7)cc7c8c(cc(Oc9ccc(C(C)(C)C)cc9)c(c2c45)c86)C(=O)N(c2ccc(CCN(Cc4ccccn4)Cc4ccccn4)cc2)C7=O)C(=O)N(c2ccc(CCN(Cc4ccccn4)Cc4ccccn4)cc2)C3=O)cc1. The van der Waals surface area contributed by atoms with Gasteiger partial charge in [0.25, 0.3) is 23.6 Å². The minimum absolute atomic E-state index is 0.170. The normalized spacial score (nSPS) is 13.3. The van der Waals surface area contributed by atoms with Gasteiger partial charge in [-0.05, 0) is 213 Å². The summed E-state index contributed by atoms with van der Waals surface area (Å²) in [4.78, 5) is 91.8. The smallest absolute Gasteiger partial charge is 0.266 e. The van der Waals surface area contributed by atoms with Crippen LogP contribution in [0, 0.1) is 0 Å². The Morgan fingerprint density at radius 3 is 0.717 bits per heavy atom. The predicted molar refractivity (Wildman–Crippen MR) is 476 cm³/mol. The fourth-order valence-corrected chi connectivity index (χ4v) is 16.4. The maximum Gasteiger partial charge on any atom is 0.266 e. The molecule has 4 aromatic heterocycles. The van der Waals surface area contributed by atoms with Crippen LogP contribution in [0.4, 0.5) is 11.4 Å². The lowest BCUT2D eigenvalue weighted by Crippen LogP contribution is -2.40. The lowest BCUT2D eigenvalue weighted by atomic mass is 9.80. The zero-order valence-corrected chi connectivity index (χ0v) is 69.9. The van der Waals surface area contributed by atoms with E-state index < -0.39 is 23.6 Å². The van der Waals surface area contributed by atoms with Gasteiger partial charge in [-0.1, -0.05) is 180 Å². The summed E-state index contributed by atoms with van der Waals surface area (Å²) in [5.41, 5.74) is 10.5. The van der Waals surface area contributed by atoms with Gasteiger partial charge < -0.3 is 18.9 Å². The first-order valence-corrected chi connectivity index (χ1v) is 41.1. The highest BCUT2D eigenvalue weighted by Crippen LogP contribution is 2.59. The van der Waals surface area contributed by atoms with Crippen molar-refractivity contribution in [3.05, 3.63) is 346 Å². The third-order valence-electron chi connectivity index (χ3n) is 23.0. The summed E-state index contributed by atoms with van der Waals surface area (Å²) in [6.07, 6.45) is 8.50. The molecule has 0 saturated heterocycles. The Labute approximate surface area is 700 Å². The van der Waals surface area contributed by atoms with Crippen LogP contribution < -0.4 is 28.7 Å². The van der Waals surface area contributed by atoms with Gasteiger partial charge in [0.2, 0.25) is 0 Å². The molecule has 17 rings (SSSR count). The summed E-state index contributed by atoms with van der Waals surface area (Å²) in [6.45, 7) is 29.5. The Bertz CT molecular complexity index is 5640. The summed E-state index contributed by atoms with van der Waals surface area (Å²) < 4.78 is 29.8. The zero-order chi connectivity index (χ0) is 83.5. The second-order valence-corrected chi connectivity index (χ2v) is 35.6. The van der Waals surface area contributed by atoms with E-state index in [1.807, 2.05) is 218 Å². The minimum atomic E-state index is -0.594. The molecule has 0 aliphatic carbocycles. The molecule has 0 spiro atoms. The van der Waals surface area contributed by atoms with Crippen LogP contribution in [-0.2, 0) is 60.7 Å². The number of carbonyl (C=O) groups is 4. The van der Waals surface area contributed by atoms with Crippen LogP contribution in [0.1, 0.15) is 181 Å². The molecule has 11 aromatic carbocycles. The van der Waals surface area contributed by atoms with E-state index in [2.05, 4.69) is 113 Å². The molecule has 600 valence electrons.